The molecule has 0 radical (unpaired) electrons. The standard InChI is InChI=1S/C16H24N2O3S/c1-4-16(2,3)17-15(19)13-8-7-9-14(12-13)18-10-5-6-11-22(18,20)21/h7-9,12H,4-6,10-11H2,1-3H3,(H,17,19). The van der Waals surface area contributed by atoms with Gasteiger partial charge in [-0.2, -0.15) is 0 Å². The second-order valence-corrected chi connectivity index (χ2v) is 8.35. The number of amides is 1. The average Bonchev–Trinajstić information content (AvgIpc) is 2.46. The highest BCUT2D eigenvalue weighted by atomic mass is 32.2. The summed E-state index contributed by atoms with van der Waals surface area (Å²) in [6, 6.07) is 6.84. The Kier molecular flexibility index (Phi) is 4.80. The number of hydrogen-bond acceptors (Lipinski definition) is 3. The third-order valence-corrected chi connectivity index (χ3v) is 5.95. The highest BCUT2D eigenvalue weighted by molar-refractivity contribution is 7.92. The molecule has 1 heterocycles. The quantitative estimate of drug-likeness (QED) is 0.925. The first kappa shape index (κ1) is 16.8. The van der Waals surface area contributed by atoms with Crippen LogP contribution in [0.25, 0.3) is 0 Å². The molecule has 5 nitrogen and oxygen atoms in total. The van der Waals surface area contributed by atoms with E-state index in [1.807, 2.05) is 20.8 Å². The van der Waals surface area contributed by atoms with Gasteiger partial charge in [0.15, 0.2) is 0 Å². The van der Waals surface area contributed by atoms with Crippen molar-refractivity contribution in [2.24, 2.45) is 0 Å². The van der Waals surface area contributed by atoms with Gasteiger partial charge in [0.1, 0.15) is 0 Å². The van der Waals surface area contributed by atoms with Crippen molar-refractivity contribution in [2.45, 2.75) is 45.6 Å². The normalized spacial score (nSPS) is 18.0. The topological polar surface area (TPSA) is 66.5 Å². The molecule has 1 aromatic rings. The predicted octanol–water partition coefficient (Wildman–Crippen LogP) is 2.54. The molecule has 1 N–H and O–H groups in total. The molecule has 0 bridgehead atoms. The number of carbonyl (C=O) groups is 1. The second kappa shape index (κ2) is 6.28. The van der Waals surface area contributed by atoms with Gasteiger partial charge in [-0.05, 0) is 51.3 Å². The zero-order valence-corrected chi connectivity index (χ0v) is 14.2. The molecule has 0 unspecified atom stereocenters. The van der Waals surface area contributed by atoms with Gasteiger partial charge in [-0.1, -0.05) is 13.0 Å². The molecular weight excluding hydrogens is 300 g/mol. The van der Waals surface area contributed by atoms with Crippen LogP contribution in [0.3, 0.4) is 0 Å². The van der Waals surface area contributed by atoms with Crippen LogP contribution in [0.1, 0.15) is 50.4 Å². The lowest BCUT2D eigenvalue weighted by atomic mass is 10.0. The van der Waals surface area contributed by atoms with Gasteiger partial charge in [-0.25, -0.2) is 8.42 Å². The van der Waals surface area contributed by atoms with Crippen molar-refractivity contribution in [1.82, 2.24) is 5.32 Å². The van der Waals surface area contributed by atoms with E-state index in [0.717, 1.165) is 12.8 Å². The van der Waals surface area contributed by atoms with E-state index in [9.17, 15) is 13.2 Å². The van der Waals surface area contributed by atoms with Crippen LogP contribution in [0.15, 0.2) is 24.3 Å². The molecule has 1 aliphatic rings. The lowest BCUT2D eigenvalue weighted by Crippen LogP contribution is -2.43. The Hall–Kier alpha value is -1.56. The van der Waals surface area contributed by atoms with Gasteiger partial charge in [0.25, 0.3) is 5.91 Å². The summed E-state index contributed by atoms with van der Waals surface area (Å²) in [5, 5.41) is 2.97. The minimum Gasteiger partial charge on any atom is -0.347 e. The number of nitrogens with one attached hydrogen (secondary N) is 1. The maximum Gasteiger partial charge on any atom is 0.251 e. The summed E-state index contributed by atoms with van der Waals surface area (Å²) in [5.41, 5.74) is 0.769. The van der Waals surface area contributed by atoms with Gasteiger partial charge in [-0.3, -0.25) is 9.10 Å². The van der Waals surface area contributed by atoms with Crippen molar-refractivity contribution in [1.29, 1.82) is 0 Å². The summed E-state index contributed by atoms with van der Waals surface area (Å²) in [4.78, 5) is 12.3. The van der Waals surface area contributed by atoms with Gasteiger partial charge in [0.2, 0.25) is 10.0 Å². The maximum atomic E-state index is 12.3. The smallest absolute Gasteiger partial charge is 0.251 e. The van der Waals surface area contributed by atoms with Crippen LogP contribution in [0.2, 0.25) is 0 Å². The average molecular weight is 324 g/mol. The lowest BCUT2D eigenvalue weighted by Gasteiger charge is -2.29. The van der Waals surface area contributed by atoms with E-state index in [0.29, 0.717) is 24.2 Å². The summed E-state index contributed by atoms with van der Waals surface area (Å²) in [6.07, 6.45) is 2.36. The molecule has 1 saturated heterocycles. The molecule has 0 saturated carbocycles. The second-order valence-electron chi connectivity index (χ2n) is 6.34. The number of rotatable bonds is 4. The van der Waals surface area contributed by atoms with E-state index in [1.165, 1.54) is 4.31 Å². The fraction of sp³-hybridized carbons (Fsp3) is 0.562. The SMILES string of the molecule is CCC(C)(C)NC(=O)c1cccc(N2CCCCS2(=O)=O)c1. The van der Waals surface area contributed by atoms with Crippen LogP contribution in [0, 0.1) is 0 Å². The van der Waals surface area contributed by atoms with Gasteiger partial charge >= 0.3 is 0 Å². The van der Waals surface area contributed by atoms with Crippen LogP contribution in [0.5, 0.6) is 0 Å². The van der Waals surface area contributed by atoms with Crippen molar-refractivity contribution in [3.8, 4) is 0 Å². The number of nitrogens with zero attached hydrogens (tertiary/aromatic N) is 1. The summed E-state index contributed by atoms with van der Waals surface area (Å²) >= 11 is 0. The van der Waals surface area contributed by atoms with E-state index in [-0.39, 0.29) is 17.2 Å². The third-order valence-electron chi connectivity index (χ3n) is 4.08. The van der Waals surface area contributed by atoms with Crippen molar-refractivity contribution in [3.63, 3.8) is 0 Å². The van der Waals surface area contributed by atoms with Crippen molar-refractivity contribution in [3.05, 3.63) is 29.8 Å². The molecule has 1 amide bonds. The fourth-order valence-corrected chi connectivity index (χ4v) is 3.98. The Morgan fingerprint density at radius 3 is 2.68 bits per heavy atom. The first-order chi connectivity index (χ1) is 10.2. The van der Waals surface area contributed by atoms with Gasteiger partial charge in [0, 0.05) is 17.6 Å². The van der Waals surface area contributed by atoms with Gasteiger partial charge in [0.05, 0.1) is 11.4 Å². The lowest BCUT2D eigenvalue weighted by molar-refractivity contribution is 0.0911. The summed E-state index contributed by atoms with van der Waals surface area (Å²) in [6.45, 7) is 6.42. The minimum atomic E-state index is -3.26. The summed E-state index contributed by atoms with van der Waals surface area (Å²) < 4.78 is 25.7. The fourth-order valence-electron chi connectivity index (χ4n) is 2.35. The molecule has 6 heteroatoms. The monoisotopic (exact) mass is 324 g/mol. The molecule has 0 aromatic heterocycles. The molecule has 2 rings (SSSR count). The summed E-state index contributed by atoms with van der Waals surface area (Å²) in [7, 11) is -3.26. The van der Waals surface area contributed by atoms with Crippen molar-refractivity contribution in [2.75, 3.05) is 16.6 Å². The van der Waals surface area contributed by atoms with E-state index in [4.69, 9.17) is 0 Å². The number of benzene rings is 1. The van der Waals surface area contributed by atoms with Gasteiger partial charge in [-0.15, -0.1) is 0 Å². The number of sulfonamides is 1. The first-order valence-electron chi connectivity index (χ1n) is 7.68. The van der Waals surface area contributed by atoms with E-state index >= 15 is 0 Å². The molecule has 0 atom stereocenters. The molecule has 0 spiro atoms. The molecule has 22 heavy (non-hydrogen) atoms. The number of hydrogen-bond donors (Lipinski definition) is 1. The predicted molar refractivity (Wildman–Crippen MR) is 88.6 cm³/mol. The first-order valence-corrected chi connectivity index (χ1v) is 9.29. The van der Waals surface area contributed by atoms with E-state index in [1.54, 1.807) is 24.3 Å². The van der Waals surface area contributed by atoms with Crippen molar-refractivity contribution < 1.29 is 13.2 Å². The van der Waals surface area contributed by atoms with Crippen LogP contribution >= 0.6 is 0 Å². The Morgan fingerprint density at radius 1 is 1.32 bits per heavy atom. The van der Waals surface area contributed by atoms with Crippen LogP contribution in [-0.4, -0.2) is 32.2 Å². The zero-order valence-electron chi connectivity index (χ0n) is 13.4. The molecule has 0 aliphatic carbocycles. The Balaban J connectivity index is 2.25. The highest BCUT2D eigenvalue weighted by Crippen LogP contribution is 2.24. The number of carbonyl (C=O) groups excluding carboxylic acids is 1. The molecule has 1 aliphatic heterocycles. The van der Waals surface area contributed by atoms with E-state index < -0.39 is 10.0 Å². The maximum absolute atomic E-state index is 12.3. The third kappa shape index (κ3) is 3.80. The Bertz CT molecular complexity index is 653. The van der Waals surface area contributed by atoms with Crippen LogP contribution in [0.4, 0.5) is 5.69 Å². The largest absolute Gasteiger partial charge is 0.347 e. The zero-order chi connectivity index (χ0) is 16.4. The molecule has 1 aromatic carbocycles. The highest BCUT2D eigenvalue weighted by Gasteiger charge is 2.27. The number of anilines is 1. The van der Waals surface area contributed by atoms with Crippen LogP contribution in [-0.2, 0) is 10.0 Å². The van der Waals surface area contributed by atoms with Crippen LogP contribution < -0.4 is 9.62 Å². The summed E-state index contributed by atoms with van der Waals surface area (Å²) in [5.74, 6) is -0.00477. The van der Waals surface area contributed by atoms with Gasteiger partial charge < -0.3 is 5.32 Å². The van der Waals surface area contributed by atoms with E-state index in [2.05, 4.69) is 5.32 Å². The Morgan fingerprint density at radius 2 is 2.05 bits per heavy atom. The molecular formula is C16H24N2O3S. The van der Waals surface area contributed by atoms with Crippen molar-refractivity contribution >= 4 is 21.6 Å². The Labute approximate surface area is 132 Å². The molecule has 1 fully saturated rings. The molecule has 122 valence electrons. The minimum absolute atomic E-state index is 0.173.